The van der Waals surface area contributed by atoms with Crippen molar-refractivity contribution in [1.29, 1.82) is 0 Å². The van der Waals surface area contributed by atoms with E-state index in [0.29, 0.717) is 0 Å². The van der Waals surface area contributed by atoms with Gasteiger partial charge in [-0.25, -0.2) is 0 Å². The molecule has 1 aromatic heterocycles. The third kappa shape index (κ3) is 0.990. The van der Waals surface area contributed by atoms with Crippen molar-refractivity contribution in [3.05, 3.63) is 11.6 Å². The van der Waals surface area contributed by atoms with E-state index >= 15 is 0 Å². The number of hydrogen-bond donors (Lipinski definition) is 0. The van der Waals surface area contributed by atoms with Crippen molar-refractivity contribution in [1.82, 2.24) is 0 Å². The summed E-state index contributed by atoms with van der Waals surface area (Å²) in [6, 6.07) is 0. The number of rotatable bonds is 0. The number of fused-ring (bicyclic) bond motifs is 1. The Balaban J connectivity index is 2.39. The van der Waals surface area contributed by atoms with E-state index in [9.17, 15) is 0 Å². The van der Waals surface area contributed by atoms with Crippen LogP contribution < -0.4 is 4.57 Å². The van der Waals surface area contributed by atoms with Crippen molar-refractivity contribution in [3.63, 3.8) is 0 Å². The maximum absolute atomic E-state index is 2.33. The largest absolute Gasteiger partial charge is 0.297 e. The Morgan fingerprint density at radius 3 is 3.44 bits per heavy atom. The van der Waals surface area contributed by atoms with Gasteiger partial charge in [-0.05, 0) is 11.8 Å². The van der Waals surface area contributed by atoms with Gasteiger partial charge in [0.1, 0.15) is 0 Å². The highest BCUT2D eigenvalue weighted by molar-refractivity contribution is 8.00. The molecule has 0 fully saturated rings. The summed E-state index contributed by atoms with van der Waals surface area (Å²) in [7, 11) is 0. The molecule has 0 spiro atoms. The number of thiazole rings is 1. The Labute approximate surface area is 62.7 Å². The molecule has 1 aliphatic heterocycles. The molecule has 0 aromatic carbocycles. The van der Waals surface area contributed by atoms with E-state index in [0.717, 1.165) is 0 Å². The summed E-state index contributed by atoms with van der Waals surface area (Å²) in [5, 5.41) is 2.16. The third-order valence-corrected chi connectivity index (χ3v) is 3.72. The van der Waals surface area contributed by atoms with Gasteiger partial charge in [0, 0.05) is 12.2 Å². The van der Waals surface area contributed by atoms with E-state index in [-0.39, 0.29) is 0 Å². The van der Waals surface area contributed by atoms with E-state index in [2.05, 4.69) is 16.1 Å². The van der Waals surface area contributed by atoms with Crippen LogP contribution in [0.25, 0.3) is 0 Å². The normalized spacial score (nSPS) is 17.3. The number of aryl methyl sites for hydroxylation is 1. The molecule has 0 atom stereocenters. The molecule has 2 heterocycles. The Morgan fingerprint density at radius 2 is 2.56 bits per heavy atom. The van der Waals surface area contributed by atoms with Gasteiger partial charge in [-0.3, -0.25) is 0 Å². The van der Waals surface area contributed by atoms with Crippen LogP contribution in [0, 0.1) is 0 Å². The molecule has 48 valence electrons. The van der Waals surface area contributed by atoms with Gasteiger partial charge in [0.2, 0.25) is 0 Å². The maximum atomic E-state index is 2.33. The number of nitrogens with zero attached hydrogens (tertiary/aromatic N) is 1. The van der Waals surface area contributed by atoms with Gasteiger partial charge in [-0.15, -0.1) is 0 Å². The fraction of sp³-hybridized carbons (Fsp3) is 0.500. The highest BCUT2D eigenvalue weighted by Gasteiger charge is 2.16. The summed E-state index contributed by atoms with van der Waals surface area (Å²) in [4.78, 5) is 0. The molecule has 1 aliphatic rings. The second-order valence-corrected chi connectivity index (χ2v) is 4.30. The van der Waals surface area contributed by atoms with Gasteiger partial charge in [0.25, 0.3) is 4.34 Å². The van der Waals surface area contributed by atoms with Gasteiger partial charge in [0.15, 0.2) is 12.7 Å². The summed E-state index contributed by atoms with van der Waals surface area (Å²) in [5.41, 5.74) is 0. The first-order chi connectivity index (χ1) is 4.47. The van der Waals surface area contributed by atoms with Gasteiger partial charge in [0.05, 0.1) is 5.38 Å². The van der Waals surface area contributed by atoms with E-state index in [4.69, 9.17) is 0 Å². The van der Waals surface area contributed by atoms with E-state index in [1.54, 1.807) is 0 Å². The van der Waals surface area contributed by atoms with Gasteiger partial charge in [-0.1, -0.05) is 11.3 Å². The fourth-order valence-corrected chi connectivity index (χ4v) is 3.03. The smallest absolute Gasteiger partial charge is 0.183 e. The highest BCUT2D eigenvalue weighted by Crippen LogP contribution is 2.22. The predicted octanol–water partition coefficient (Wildman–Crippen LogP) is 1.53. The zero-order valence-corrected chi connectivity index (χ0v) is 6.67. The molecule has 1 nitrogen and oxygen atoms in total. The molecule has 0 bridgehead atoms. The lowest BCUT2D eigenvalue weighted by molar-refractivity contribution is -0.727. The number of thioether (sulfide) groups is 1. The van der Waals surface area contributed by atoms with Crippen LogP contribution in [-0.2, 0) is 6.54 Å². The summed E-state index contributed by atoms with van der Waals surface area (Å²) in [6.07, 6.45) is 3.51. The lowest BCUT2D eigenvalue weighted by Crippen LogP contribution is -2.35. The SMILES string of the molecule is c1c[n+]2c(s1)SCCC2. The molecule has 3 heteroatoms. The molecule has 0 aliphatic carbocycles. The lowest BCUT2D eigenvalue weighted by atomic mass is 10.5. The third-order valence-electron chi connectivity index (χ3n) is 1.41. The van der Waals surface area contributed by atoms with Gasteiger partial charge in [-0.2, -0.15) is 4.57 Å². The van der Waals surface area contributed by atoms with Crippen molar-refractivity contribution in [2.45, 2.75) is 17.3 Å². The van der Waals surface area contributed by atoms with Crippen LogP contribution in [-0.4, -0.2) is 5.75 Å². The minimum Gasteiger partial charge on any atom is -0.183 e. The van der Waals surface area contributed by atoms with Crippen LogP contribution in [0.5, 0.6) is 0 Å². The first-order valence-electron chi connectivity index (χ1n) is 3.06. The second kappa shape index (κ2) is 2.31. The van der Waals surface area contributed by atoms with Gasteiger partial charge >= 0.3 is 0 Å². The minimum atomic E-state index is 1.23. The highest BCUT2D eigenvalue weighted by atomic mass is 32.2. The van der Waals surface area contributed by atoms with E-state index < -0.39 is 0 Å². The van der Waals surface area contributed by atoms with Crippen molar-refractivity contribution in [2.75, 3.05) is 5.75 Å². The van der Waals surface area contributed by atoms with Crippen molar-refractivity contribution in [2.24, 2.45) is 0 Å². The molecule has 0 unspecified atom stereocenters. The molecule has 0 radical (unpaired) electrons. The molecule has 0 amide bonds. The zero-order valence-electron chi connectivity index (χ0n) is 5.04. The van der Waals surface area contributed by atoms with Crippen molar-refractivity contribution < 1.29 is 4.57 Å². The van der Waals surface area contributed by atoms with E-state index in [1.807, 2.05) is 23.1 Å². The minimum absolute atomic E-state index is 1.23. The number of hydrogen-bond acceptors (Lipinski definition) is 2. The monoisotopic (exact) mass is 158 g/mol. The lowest BCUT2D eigenvalue weighted by Gasteiger charge is -2.01. The molecular weight excluding hydrogens is 150 g/mol. The van der Waals surface area contributed by atoms with Crippen molar-refractivity contribution in [3.8, 4) is 0 Å². The van der Waals surface area contributed by atoms with Crippen LogP contribution in [0.1, 0.15) is 6.42 Å². The standard InChI is InChI=1S/C6H8NS2/c1-2-7-3-5-9-6(7)8-4-1/h3,5H,1-2,4H2/q+1. The molecule has 0 N–H and O–H groups in total. The topological polar surface area (TPSA) is 3.88 Å². The Morgan fingerprint density at radius 1 is 1.56 bits per heavy atom. The molecular formula is C6H8NS2+. The molecule has 1 aromatic rings. The molecule has 0 saturated heterocycles. The Bertz CT molecular complexity index is 186. The average molecular weight is 158 g/mol. The van der Waals surface area contributed by atoms with Crippen LogP contribution >= 0.6 is 23.1 Å². The maximum Gasteiger partial charge on any atom is 0.297 e. The number of aromatic nitrogens is 1. The molecule has 2 rings (SSSR count). The summed E-state index contributed by atoms with van der Waals surface area (Å²) >= 11 is 3.83. The summed E-state index contributed by atoms with van der Waals surface area (Å²) in [5.74, 6) is 1.31. The quantitative estimate of drug-likeness (QED) is 0.518. The van der Waals surface area contributed by atoms with Crippen LogP contribution in [0.3, 0.4) is 0 Å². The summed E-state index contributed by atoms with van der Waals surface area (Å²) < 4.78 is 3.81. The average Bonchev–Trinajstić information content (AvgIpc) is 2.33. The predicted molar refractivity (Wildman–Crippen MR) is 39.9 cm³/mol. The molecule has 9 heavy (non-hydrogen) atoms. The van der Waals surface area contributed by atoms with Gasteiger partial charge < -0.3 is 0 Å². The molecule has 0 saturated carbocycles. The van der Waals surface area contributed by atoms with Crippen LogP contribution in [0.4, 0.5) is 0 Å². The second-order valence-electron chi connectivity index (χ2n) is 2.06. The van der Waals surface area contributed by atoms with Crippen molar-refractivity contribution >= 4 is 23.1 Å². The zero-order chi connectivity index (χ0) is 6.10. The fourth-order valence-electron chi connectivity index (χ4n) is 0.968. The first kappa shape index (κ1) is 5.74. The first-order valence-corrected chi connectivity index (χ1v) is 4.93. The Hall–Kier alpha value is -0.0200. The van der Waals surface area contributed by atoms with Crippen LogP contribution in [0.15, 0.2) is 15.9 Å². The van der Waals surface area contributed by atoms with Crippen LogP contribution in [0.2, 0.25) is 0 Å². The Kier molecular flexibility index (Phi) is 1.47. The van der Waals surface area contributed by atoms with E-state index in [1.165, 1.54) is 23.1 Å². The summed E-state index contributed by atoms with van der Waals surface area (Å²) in [6.45, 7) is 1.23.